The first-order valence-corrected chi connectivity index (χ1v) is 8.81. The van der Waals surface area contributed by atoms with Gasteiger partial charge in [0.05, 0.1) is 15.5 Å². The summed E-state index contributed by atoms with van der Waals surface area (Å²) in [5.41, 5.74) is 1.83. The second-order valence-electron chi connectivity index (χ2n) is 5.65. The van der Waals surface area contributed by atoms with Crippen molar-refractivity contribution in [3.63, 3.8) is 0 Å². The van der Waals surface area contributed by atoms with E-state index in [9.17, 15) is 14.9 Å². The fraction of sp³-hybridized carbons (Fsp3) is 0.111. The second-order valence-corrected chi connectivity index (χ2v) is 7.10. The van der Waals surface area contributed by atoms with Gasteiger partial charge in [0.1, 0.15) is 0 Å². The maximum absolute atomic E-state index is 12.5. The molecule has 6 nitrogen and oxygen atoms in total. The first-order chi connectivity index (χ1) is 12.3. The quantitative estimate of drug-likeness (QED) is 0.431. The molecule has 0 unspecified atom stereocenters. The van der Waals surface area contributed by atoms with Crippen LogP contribution in [0.15, 0.2) is 52.4 Å². The van der Waals surface area contributed by atoms with Crippen LogP contribution >= 0.6 is 23.4 Å². The van der Waals surface area contributed by atoms with Gasteiger partial charge in [-0.1, -0.05) is 29.8 Å². The molecule has 132 valence electrons. The maximum atomic E-state index is 12.5. The van der Waals surface area contributed by atoms with Crippen LogP contribution < -0.4 is 0 Å². The number of carbonyl (C=O) groups is 1. The Morgan fingerprint density at radius 2 is 2.04 bits per heavy atom. The number of nitro benzene ring substituents is 1. The fourth-order valence-corrected chi connectivity index (χ4v) is 3.54. The van der Waals surface area contributed by atoms with Gasteiger partial charge >= 0.3 is 0 Å². The van der Waals surface area contributed by atoms with Gasteiger partial charge < -0.3 is 0 Å². The summed E-state index contributed by atoms with van der Waals surface area (Å²) in [6.07, 6.45) is 1.64. The molecule has 2 aromatic carbocycles. The average molecular weight is 388 g/mol. The molecule has 0 bridgehead atoms. The van der Waals surface area contributed by atoms with E-state index in [1.165, 1.54) is 22.7 Å². The Morgan fingerprint density at radius 1 is 1.27 bits per heavy atom. The Balaban J connectivity index is 1.93. The third-order valence-corrected chi connectivity index (χ3v) is 5.06. The van der Waals surface area contributed by atoms with Crippen molar-refractivity contribution in [1.82, 2.24) is 4.90 Å². The van der Waals surface area contributed by atoms with Crippen LogP contribution in [0.3, 0.4) is 0 Å². The Kier molecular flexibility index (Phi) is 5.11. The Labute approximate surface area is 159 Å². The van der Waals surface area contributed by atoms with E-state index < -0.39 is 4.92 Å². The van der Waals surface area contributed by atoms with Crippen molar-refractivity contribution in [2.75, 3.05) is 7.05 Å². The maximum Gasteiger partial charge on any atom is 0.272 e. The molecule has 1 aliphatic heterocycles. The van der Waals surface area contributed by atoms with Crippen LogP contribution in [0.5, 0.6) is 0 Å². The Hall–Kier alpha value is -2.64. The first kappa shape index (κ1) is 18.2. The molecule has 1 saturated heterocycles. The minimum atomic E-state index is -0.431. The summed E-state index contributed by atoms with van der Waals surface area (Å²) in [5, 5.41) is 12.2. The molecule has 0 aromatic heterocycles. The summed E-state index contributed by atoms with van der Waals surface area (Å²) in [4.78, 5) is 29.5. The number of amidine groups is 1. The van der Waals surface area contributed by atoms with Crippen LogP contribution in [0, 0.1) is 17.0 Å². The van der Waals surface area contributed by atoms with Crippen molar-refractivity contribution in [2.24, 2.45) is 4.99 Å². The minimum Gasteiger partial charge on any atom is -0.290 e. The second kappa shape index (κ2) is 7.31. The molecule has 2 aromatic rings. The van der Waals surface area contributed by atoms with Crippen LogP contribution in [-0.4, -0.2) is 27.9 Å². The molecule has 0 N–H and O–H groups in total. The van der Waals surface area contributed by atoms with Gasteiger partial charge in [0.15, 0.2) is 5.17 Å². The number of nitro groups is 1. The zero-order chi connectivity index (χ0) is 18.8. The standard InChI is InChI=1S/C18H14ClN3O3S/c1-11-6-7-12(8-15(11)22(24)25)9-16-17(23)21(2)18(26-16)20-14-5-3-4-13(19)10-14/h3-10H,1-2H3/b16-9+,20-18?. The molecule has 1 aliphatic rings. The zero-order valence-electron chi connectivity index (χ0n) is 14.0. The zero-order valence-corrected chi connectivity index (χ0v) is 15.5. The number of aliphatic imine (C=N–C) groups is 1. The van der Waals surface area contributed by atoms with Crippen molar-refractivity contribution in [3.05, 3.63) is 73.6 Å². The number of carbonyl (C=O) groups excluding carboxylic acids is 1. The van der Waals surface area contributed by atoms with Gasteiger partial charge in [0, 0.05) is 23.7 Å². The van der Waals surface area contributed by atoms with Gasteiger partial charge in [-0.2, -0.15) is 0 Å². The van der Waals surface area contributed by atoms with Crippen molar-refractivity contribution in [3.8, 4) is 0 Å². The van der Waals surface area contributed by atoms with E-state index in [-0.39, 0.29) is 11.6 Å². The molecule has 0 aliphatic carbocycles. The third-order valence-electron chi connectivity index (χ3n) is 3.76. The van der Waals surface area contributed by atoms with Gasteiger partial charge in [0.2, 0.25) is 0 Å². The largest absolute Gasteiger partial charge is 0.290 e. The van der Waals surface area contributed by atoms with Crippen LogP contribution in [0.4, 0.5) is 11.4 Å². The van der Waals surface area contributed by atoms with E-state index >= 15 is 0 Å². The molecule has 1 amide bonds. The van der Waals surface area contributed by atoms with Crippen molar-refractivity contribution in [2.45, 2.75) is 6.92 Å². The predicted molar refractivity (Wildman–Crippen MR) is 105 cm³/mol. The van der Waals surface area contributed by atoms with Crippen LogP contribution in [-0.2, 0) is 4.79 Å². The van der Waals surface area contributed by atoms with E-state index in [1.807, 2.05) is 0 Å². The number of hydrogen-bond donors (Lipinski definition) is 0. The molecule has 0 radical (unpaired) electrons. The molecule has 26 heavy (non-hydrogen) atoms. The lowest BCUT2D eigenvalue weighted by Crippen LogP contribution is -2.23. The molecular formula is C18H14ClN3O3S. The summed E-state index contributed by atoms with van der Waals surface area (Å²) in [6.45, 7) is 1.67. The van der Waals surface area contributed by atoms with Crippen LogP contribution in [0.1, 0.15) is 11.1 Å². The summed E-state index contributed by atoms with van der Waals surface area (Å²) in [6, 6.07) is 11.9. The summed E-state index contributed by atoms with van der Waals surface area (Å²) < 4.78 is 0. The first-order valence-electron chi connectivity index (χ1n) is 7.62. The molecule has 1 heterocycles. The number of amides is 1. The minimum absolute atomic E-state index is 0.0240. The lowest BCUT2D eigenvalue weighted by Gasteiger charge is -2.07. The van der Waals surface area contributed by atoms with Crippen molar-refractivity contribution >= 4 is 51.9 Å². The molecule has 3 rings (SSSR count). The highest BCUT2D eigenvalue weighted by molar-refractivity contribution is 8.18. The third kappa shape index (κ3) is 3.79. The Bertz CT molecular complexity index is 972. The highest BCUT2D eigenvalue weighted by Gasteiger charge is 2.30. The van der Waals surface area contributed by atoms with Gasteiger partial charge in [-0.05, 0) is 48.5 Å². The fourth-order valence-electron chi connectivity index (χ4n) is 2.37. The van der Waals surface area contributed by atoms with Gasteiger partial charge in [-0.3, -0.25) is 19.8 Å². The molecule has 0 saturated carbocycles. The van der Waals surface area contributed by atoms with Gasteiger partial charge in [-0.15, -0.1) is 0 Å². The van der Waals surface area contributed by atoms with Gasteiger partial charge in [-0.25, -0.2) is 4.99 Å². The number of nitrogens with zero attached hydrogens (tertiary/aromatic N) is 3. The monoisotopic (exact) mass is 387 g/mol. The van der Waals surface area contributed by atoms with E-state index in [4.69, 9.17) is 11.6 Å². The molecule has 0 spiro atoms. The molecule has 0 atom stereocenters. The van der Waals surface area contributed by atoms with E-state index in [0.717, 1.165) is 0 Å². The average Bonchev–Trinajstić information content (AvgIpc) is 2.84. The molecule has 1 fully saturated rings. The predicted octanol–water partition coefficient (Wildman–Crippen LogP) is 4.79. The topological polar surface area (TPSA) is 75.8 Å². The van der Waals surface area contributed by atoms with Crippen molar-refractivity contribution < 1.29 is 9.72 Å². The molecular weight excluding hydrogens is 374 g/mol. The summed E-state index contributed by atoms with van der Waals surface area (Å²) in [5.74, 6) is -0.209. The number of hydrogen-bond acceptors (Lipinski definition) is 5. The number of thioether (sulfide) groups is 1. The summed E-state index contributed by atoms with van der Waals surface area (Å²) >= 11 is 7.18. The highest BCUT2D eigenvalue weighted by atomic mass is 35.5. The van der Waals surface area contributed by atoms with E-state index in [2.05, 4.69) is 4.99 Å². The lowest BCUT2D eigenvalue weighted by molar-refractivity contribution is -0.385. The number of halogens is 1. The highest BCUT2D eigenvalue weighted by Crippen LogP contribution is 2.34. The number of likely N-dealkylation sites (N-methyl/N-ethyl adjacent to an activating group) is 1. The van der Waals surface area contributed by atoms with Gasteiger partial charge in [0.25, 0.3) is 11.6 Å². The smallest absolute Gasteiger partial charge is 0.272 e. The normalized spacial score (nSPS) is 17.3. The number of rotatable bonds is 3. The Morgan fingerprint density at radius 3 is 2.73 bits per heavy atom. The summed E-state index contributed by atoms with van der Waals surface area (Å²) in [7, 11) is 1.64. The van der Waals surface area contributed by atoms with Crippen LogP contribution in [0.25, 0.3) is 6.08 Å². The lowest BCUT2D eigenvalue weighted by atomic mass is 10.1. The number of benzene rings is 2. The van der Waals surface area contributed by atoms with Crippen LogP contribution in [0.2, 0.25) is 5.02 Å². The molecule has 8 heteroatoms. The van der Waals surface area contributed by atoms with E-state index in [1.54, 1.807) is 56.4 Å². The van der Waals surface area contributed by atoms with E-state index in [0.29, 0.717) is 31.9 Å². The van der Waals surface area contributed by atoms with Crippen molar-refractivity contribution in [1.29, 1.82) is 0 Å². The SMILES string of the molecule is Cc1ccc(/C=C2/SC(=Nc3cccc(Cl)c3)N(C)C2=O)cc1[N+](=O)[O-]. The number of aryl methyl sites for hydroxylation is 1.